The first-order chi connectivity index (χ1) is 5.77. The molecule has 2 rings (SSSR count). The average molecular weight is 171 g/mol. The molecule has 0 aromatic rings. The molecule has 0 aromatic carbocycles. The van der Waals surface area contributed by atoms with Crippen LogP contribution in [-0.4, -0.2) is 35.9 Å². The maximum atomic E-state index is 10.6. The summed E-state index contributed by atoms with van der Waals surface area (Å²) in [7, 11) is 0. The first-order valence-corrected chi connectivity index (χ1v) is 4.38. The van der Waals surface area contributed by atoms with Crippen molar-refractivity contribution in [3.63, 3.8) is 0 Å². The predicted octanol–water partition coefficient (Wildman–Crippen LogP) is -0.0195. The molecule has 2 heterocycles. The van der Waals surface area contributed by atoms with Crippen molar-refractivity contribution in [2.75, 3.05) is 6.61 Å². The van der Waals surface area contributed by atoms with E-state index in [2.05, 4.69) is 5.32 Å². The van der Waals surface area contributed by atoms with Crippen LogP contribution in [0.25, 0.3) is 0 Å². The normalized spacial score (nSPS) is 40.8. The summed E-state index contributed by atoms with van der Waals surface area (Å²) in [4.78, 5) is 10.6. The fraction of sp³-hybridized carbons (Fsp3) is 0.875. The Labute approximate surface area is 70.9 Å². The molecule has 0 aliphatic carbocycles. The summed E-state index contributed by atoms with van der Waals surface area (Å²) in [5.74, 6) is -0.736. The quantitative estimate of drug-likeness (QED) is 0.582. The molecule has 0 aromatic heterocycles. The summed E-state index contributed by atoms with van der Waals surface area (Å²) in [5.41, 5.74) is 0. The number of ether oxygens (including phenoxy) is 1. The zero-order valence-corrected chi connectivity index (χ0v) is 6.82. The van der Waals surface area contributed by atoms with Crippen molar-refractivity contribution < 1.29 is 14.6 Å². The minimum absolute atomic E-state index is 0.264. The molecule has 2 aliphatic rings. The number of aliphatic carboxylic acids is 1. The minimum Gasteiger partial charge on any atom is -0.480 e. The average Bonchev–Trinajstić information content (AvgIpc) is 2.49. The highest BCUT2D eigenvalue weighted by molar-refractivity contribution is 5.73. The van der Waals surface area contributed by atoms with Gasteiger partial charge in [-0.05, 0) is 19.3 Å². The maximum absolute atomic E-state index is 10.6. The molecule has 2 aliphatic heterocycles. The largest absolute Gasteiger partial charge is 0.480 e. The summed E-state index contributed by atoms with van der Waals surface area (Å²) >= 11 is 0. The van der Waals surface area contributed by atoms with Crippen molar-refractivity contribution in [1.29, 1.82) is 0 Å². The number of nitrogens with one attached hydrogen (secondary N) is 1. The van der Waals surface area contributed by atoms with Gasteiger partial charge in [0.05, 0.1) is 6.10 Å². The highest BCUT2D eigenvalue weighted by atomic mass is 16.5. The van der Waals surface area contributed by atoms with E-state index >= 15 is 0 Å². The van der Waals surface area contributed by atoms with Gasteiger partial charge in [-0.25, -0.2) is 0 Å². The van der Waals surface area contributed by atoms with Crippen molar-refractivity contribution >= 4 is 5.97 Å². The molecule has 12 heavy (non-hydrogen) atoms. The number of carbonyl (C=O) groups is 1. The zero-order chi connectivity index (χ0) is 8.55. The van der Waals surface area contributed by atoms with E-state index in [0.717, 1.165) is 19.4 Å². The molecule has 0 spiro atoms. The first-order valence-electron chi connectivity index (χ1n) is 4.38. The second-order valence-electron chi connectivity index (χ2n) is 3.44. The van der Waals surface area contributed by atoms with Crippen LogP contribution in [0.3, 0.4) is 0 Å². The van der Waals surface area contributed by atoms with Crippen LogP contribution in [0.1, 0.15) is 19.3 Å². The van der Waals surface area contributed by atoms with Gasteiger partial charge in [-0.3, -0.25) is 10.1 Å². The molecule has 0 unspecified atom stereocenters. The Morgan fingerprint density at radius 2 is 2.25 bits per heavy atom. The molecule has 0 bridgehead atoms. The van der Waals surface area contributed by atoms with E-state index in [1.807, 2.05) is 0 Å². The van der Waals surface area contributed by atoms with E-state index in [4.69, 9.17) is 9.84 Å². The van der Waals surface area contributed by atoms with Crippen LogP contribution in [-0.2, 0) is 9.53 Å². The Balaban J connectivity index is 1.96. The molecule has 2 N–H and O–H groups in total. The van der Waals surface area contributed by atoms with E-state index in [1.54, 1.807) is 0 Å². The van der Waals surface area contributed by atoms with Crippen LogP contribution >= 0.6 is 0 Å². The number of fused-ring (bicyclic) bond motifs is 1. The molecule has 4 nitrogen and oxygen atoms in total. The van der Waals surface area contributed by atoms with Crippen molar-refractivity contribution in [2.45, 2.75) is 37.5 Å². The van der Waals surface area contributed by atoms with E-state index < -0.39 is 5.97 Å². The molecule has 2 fully saturated rings. The highest BCUT2D eigenvalue weighted by Crippen LogP contribution is 2.24. The van der Waals surface area contributed by atoms with E-state index in [0.29, 0.717) is 6.42 Å². The van der Waals surface area contributed by atoms with Crippen molar-refractivity contribution in [3.05, 3.63) is 0 Å². The van der Waals surface area contributed by atoms with Gasteiger partial charge in [0.1, 0.15) is 6.04 Å². The Morgan fingerprint density at radius 3 is 3.00 bits per heavy atom. The number of hydrogen-bond donors (Lipinski definition) is 2. The van der Waals surface area contributed by atoms with Crippen LogP contribution in [0.4, 0.5) is 0 Å². The summed E-state index contributed by atoms with van der Waals surface area (Å²) in [5, 5.41) is 11.8. The lowest BCUT2D eigenvalue weighted by atomic mass is 9.96. The third-order valence-corrected chi connectivity index (χ3v) is 2.66. The lowest BCUT2D eigenvalue weighted by molar-refractivity contribution is -0.140. The lowest BCUT2D eigenvalue weighted by Crippen LogP contribution is -2.51. The van der Waals surface area contributed by atoms with E-state index in [-0.39, 0.29) is 18.2 Å². The summed E-state index contributed by atoms with van der Waals surface area (Å²) in [6.45, 7) is 0.772. The molecule has 3 atom stereocenters. The van der Waals surface area contributed by atoms with Crippen molar-refractivity contribution in [2.24, 2.45) is 0 Å². The zero-order valence-electron chi connectivity index (χ0n) is 6.82. The summed E-state index contributed by atoms with van der Waals surface area (Å²) in [6.07, 6.45) is 2.79. The van der Waals surface area contributed by atoms with Crippen LogP contribution in [0, 0.1) is 0 Å². The molecular weight excluding hydrogens is 158 g/mol. The van der Waals surface area contributed by atoms with Crippen LogP contribution in [0.15, 0.2) is 0 Å². The van der Waals surface area contributed by atoms with E-state index in [9.17, 15) is 4.79 Å². The van der Waals surface area contributed by atoms with Gasteiger partial charge in [0.15, 0.2) is 0 Å². The SMILES string of the molecule is O=C(O)[C@H]1CC[C@H]2OCC[C@H]2N1. The third kappa shape index (κ3) is 1.32. The van der Waals surface area contributed by atoms with Crippen LogP contribution < -0.4 is 5.32 Å². The second-order valence-corrected chi connectivity index (χ2v) is 3.44. The van der Waals surface area contributed by atoms with Crippen molar-refractivity contribution in [1.82, 2.24) is 5.32 Å². The fourth-order valence-electron chi connectivity index (χ4n) is 1.99. The Hall–Kier alpha value is -0.610. The van der Waals surface area contributed by atoms with Gasteiger partial charge in [0.25, 0.3) is 0 Å². The highest BCUT2D eigenvalue weighted by Gasteiger charge is 2.36. The van der Waals surface area contributed by atoms with Gasteiger partial charge in [0, 0.05) is 12.6 Å². The van der Waals surface area contributed by atoms with Gasteiger partial charge < -0.3 is 9.84 Å². The fourth-order valence-corrected chi connectivity index (χ4v) is 1.99. The van der Waals surface area contributed by atoms with Crippen LogP contribution in [0.5, 0.6) is 0 Å². The van der Waals surface area contributed by atoms with Gasteiger partial charge in [0.2, 0.25) is 0 Å². The third-order valence-electron chi connectivity index (χ3n) is 2.66. The lowest BCUT2D eigenvalue weighted by Gasteiger charge is -2.29. The molecule has 0 amide bonds. The van der Waals surface area contributed by atoms with Gasteiger partial charge in [-0.1, -0.05) is 0 Å². The summed E-state index contributed by atoms with van der Waals surface area (Å²) in [6, 6.07) is -0.0761. The predicted molar refractivity (Wildman–Crippen MR) is 41.9 cm³/mol. The first kappa shape index (κ1) is 8.01. The minimum atomic E-state index is -0.736. The van der Waals surface area contributed by atoms with E-state index in [1.165, 1.54) is 0 Å². The Kier molecular flexibility index (Phi) is 2.02. The number of piperidine rings is 1. The number of rotatable bonds is 1. The molecule has 68 valence electrons. The maximum Gasteiger partial charge on any atom is 0.320 e. The molecule has 0 saturated carbocycles. The number of carboxylic acids is 1. The smallest absolute Gasteiger partial charge is 0.320 e. The molecule has 0 radical (unpaired) electrons. The van der Waals surface area contributed by atoms with Gasteiger partial charge in [-0.15, -0.1) is 0 Å². The Morgan fingerprint density at radius 1 is 1.42 bits per heavy atom. The second kappa shape index (κ2) is 3.03. The van der Waals surface area contributed by atoms with Crippen molar-refractivity contribution in [3.8, 4) is 0 Å². The Bertz CT molecular complexity index is 195. The standard InChI is InChI=1S/C8H13NO3/c10-8(11)6-1-2-7-5(9-6)3-4-12-7/h5-7,9H,1-4H2,(H,10,11)/t5-,6-,7-/m1/s1. The molecule has 2 saturated heterocycles. The number of hydrogen-bond acceptors (Lipinski definition) is 3. The van der Waals surface area contributed by atoms with Gasteiger partial charge >= 0.3 is 5.97 Å². The molecule has 4 heteroatoms. The van der Waals surface area contributed by atoms with Crippen LogP contribution in [0.2, 0.25) is 0 Å². The monoisotopic (exact) mass is 171 g/mol. The number of carboxylic acid groups (broad SMARTS) is 1. The molecular formula is C8H13NO3. The van der Waals surface area contributed by atoms with Gasteiger partial charge in [-0.2, -0.15) is 0 Å². The summed E-state index contributed by atoms with van der Waals surface area (Å²) < 4.78 is 5.43. The topological polar surface area (TPSA) is 58.6 Å².